The summed E-state index contributed by atoms with van der Waals surface area (Å²) in [4.78, 5) is 4.39. The van der Waals surface area contributed by atoms with Gasteiger partial charge in [-0.15, -0.1) is 0 Å². The van der Waals surface area contributed by atoms with Crippen molar-refractivity contribution < 1.29 is 13.5 Å². The molecular formula is C14H16N2O3S. The molecule has 1 aliphatic carbocycles. The number of aliphatic hydroxyl groups is 1. The first-order valence-electron chi connectivity index (χ1n) is 6.51. The quantitative estimate of drug-likeness (QED) is 0.870. The predicted molar refractivity (Wildman–Crippen MR) is 75.7 cm³/mol. The van der Waals surface area contributed by atoms with E-state index in [9.17, 15) is 13.5 Å². The molecule has 0 unspecified atom stereocenters. The van der Waals surface area contributed by atoms with Crippen molar-refractivity contribution in [3.05, 3.63) is 36.5 Å². The van der Waals surface area contributed by atoms with Crippen LogP contribution in [0.4, 0.5) is 0 Å². The maximum Gasteiger partial charge on any atom is 0.241 e. The lowest BCUT2D eigenvalue weighted by Crippen LogP contribution is -2.32. The lowest BCUT2D eigenvalue weighted by Gasteiger charge is -2.14. The summed E-state index contributed by atoms with van der Waals surface area (Å²) in [5.74, 6) is 0. The molecule has 1 saturated carbocycles. The van der Waals surface area contributed by atoms with Crippen molar-refractivity contribution in [1.29, 1.82) is 0 Å². The van der Waals surface area contributed by atoms with Gasteiger partial charge in [0.05, 0.1) is 10.4 Å². The van der Waals surface area contributed by atoms with Gasteiger partial charge in [-0.2, -0.15) is 0 Å². The molecule has 3 rings (SSSR count). The zero-order valence-electron chi connectivity index (χ0n) is 10.9. The molecule has 1 aromatic heterocycles. The van der Waals surface area contributed by atoms with Gasteiger partial charge in [-0.25, -0.2) is 13.1 Å². The monoisotopic (exact) mass is 292 g/mol. The maximum atomic E-state index is 12.4. The molecule has 5 nitrogen and oxygen atoms in total. The Hall–Kier alpha value is -1.50. The van der Waals surface area contributed by atoms with Gasteiger partial charge in [0, 0.05) is 30.1 Å². The number of sulfonamides is 1. The summed E-state index contributed by atoms with van der Waals surface area (Å²) in [6.45, 7) is 0.301. The van der Waals surface area contributed by atoms with E-state index in [2.05, 4.69) is 9.71 Å². The van der Waals surface area contributed by atoms with Crippen molar-refractivity contribution in [1.82, 2.24) is 9.71 Å². The van der Waals surface area contributed by atoms with E-state index in [0.29, 0.717) is 10.9 Å². The molecule has 0 atom stereocenters. The number of nitrogens with zero attached hydrogens (tertiary/aromatic N) is 1. The minimum Gasteiger partial charge on any atom is -0.396 e. The van der Waals surface area contributed by atoms with Gasteiger partial charge in [-0.05, 0) is 37.1 Å². The van der Waals surface area contributed by atoms with Gasteiger partial charge >= 0.3 is 0 Å². The molecule has 0 bridgehead atoms. The second kappa shape index (κ2) is 4.80. The molecule has 6 heteroatoms. The molecular weight excluding hydrogens is 276 g/mol. The number of hydrogen-bond donors (Lipinski definition) is 2. The summed E-state index contributed by atoms with van der Waals surface area (Å²) in [5, 5.41) is 9.86. The Labute approximate surface area is 117 Å². The molecule has 0 aliphatic heterocycles. The Morgan fingerprint density at radius 2 is 2.05 bits per heavy atom. The van der Waals surface area contributed by atoms with Crippen LogP contribution >= 0.6 is 0 Å². The molecule has 1 aromatic carbocycles. The average Bonchev–Trinajstić information content (AvgIpc) is 3.25. The van der Waals surface area contributed by atoms with E-state index in [0.717, 1.165) is 12.8 Å². The molecule has 0 saturated heterocycles. The van der Waals surface area contributed by atoms with Gasteiger partial charge in [-0.1, -0.05) is 6.07 Å². The van der Waals surface area contributed by atoms with Crippen LogP contribution < -0.4 is 4.72 Å². The van der Waals surface area contributed by atoms with E-state index in [1.807, 2.05) is 0 Å². The van der Waals surface area contributed by atoms with Gasteiger partial charge in [0.15, 0.2) is 0 Å². The molecule has 2 aromatic rings. The van der Waals surface area contributed by atoms with E-state index < -0.39 is 10.0 Å². The second-order valence-corrected chi connectivity index (χ2v) is 7.04. The number of hydrogen-bond acceptors (Lipinski definition) is 4. The number of pyridine rings is 1. The van der Waals surface area contributed by atoms with Crippen molar-refractivity contribution in [3.63, 3.8) is 0 Å². The Kier molecular flexibility index (Phi) is 3.24. The summed E-state index contributed by atoms with van der Waals surface area (Å²) >= 11 is 0. The van der Waals surface area contributed by atoms with Crippen LogP contribution in [-0.4, -0.2) is 31.7 Å². The maximum absolute atomic E-state index is 12.4. The lowest BCUT2D eigenvalue weighted by molar-refractivity contribution is 0.213. The van der Waals surface area contributed by atoms with Gasteiger partial charge in [-0.3, -0.25) is 4.98 Å². The Balaban J connectivity index is 1.93. The first kappa shape index (κ1) is 13.5. The smallest absolute Gasteiger partial charge is 0.241 e. The van der Waals surface area contributed by atoms with Crippen molar-refractivity contribution in [2.75, 3.05) is 13.2 Å². The SMILES string of the molecule is O=S(=O)(NCC1(CO)CC1)c1cccc2ncccc12. The lowest BCUT2D eigenvalue weighted by atomic mass is 10.1. The standard InChI is InChI=1S/C14H16N2O3S/c17-10-14(6-7-14)9-16-20(18,19)13-5-1-4-12-11(13)3-2-8-15-12/h1-5,8,16-17H,6-7,9-10H2. The second-order valence-electron chi connectivity index (χ2n) is 5.31. The summed E-state index contributed by atoms with van der Waals surface area (Å²) in [6, 6.07) is 8.51. The number of nitrogens with one attached hydrogen (secondary N) is 1. The van der Waals surface area contributed by atoms with Crippen LogP contribution in [0.5, 0.6) is 0 Å². The van der Waals surface area contributed by atoms with E-state index in [1.54, 1.807) is 36.5 Å². The van der Waals surface area contributed by atoms with E-state index in [4.69, 9.17) is 0 Å². The predicted octanol–water partition coefficient (Wildman–Crippen LogP) is 1.29. The molecule has 0 spiro atoms. The van der Waals surface area contributed by atoms with Gasteiger partial charge in [0.25, 0.3) is 0 Å². The third kappa shape index (κ3) is 2.42. The third-order valence-electron chi connectivity index (χ3n) is 3.82. The van der Waals surface area contributed by atoms with E-state index in [1.165, 1.54) is 0 Å². The highest BCUT2D eigenvalue weighted by Gasteiger charge is 2.42. The molecule has 1 fully saturated rings. The summed E-state index contributed by atoms with van der Waals surface area (Å²) in [7, 11) is -3.59. The van der Waals surface area contributed by atoms with Crippen molar-refractivity contribution in [3.8, 4) is 0 Å². The Bertz CT molecular complexity index is 734. The van der Waals surface area contributed by atoms with Crippen LogP contribution in [0.25, 0.3) is 10.9 Å². The minimum absolute atomic E-state index is 0.0204. The fraction of sp³-hybridized carbons (Fsp3) is 0.357. The molecule has 0 radical (unpaired) electrons. The number of aromatic nitrogens is 1. The van der Waals surface area contributed by atoms with E-state index in [-0.39, 0.29) is 23.5 Å². The van der Waals surface area contributed by atoms with Crippen LogP contribution in [0.1, 0.15) is 12.8 Å². The molecule has 0 amide bonds. The van der Waals surface area contributed by atoms with Crippen molar-refractivity contribution >= 4 is 20.9 Å². The van der Waals surface area contributed by atoms with Crippen molar-refractivity contribution in [2.45, 2.75) is 17.7 Å². The highest BCUT2D eigenvalue weighted by atomic mass is 32.2. The van der Waals surface area contributed by atoms with Crippen molar-refractivity contribution in [2.24, 2.45) is 5.41 Å². The summed E-state index contributed by atoms with van der Waals surface area (Å²) in [6.07, 6.45) is 3.36. The topological polar surface area (TPSA) is 79.3 Å². The average molecular weight is 292 g/mol. The first-order chi connectivity index (χ1) is 9.56. The summed E-state index contributed by atoms with van der Waals surface area (Å²) in [5.41, 5.74) is 0.397. The zero-order chi connectivity index (χ0) is 14.2. The number of benzene rings is 1. The van der Waals surface area contributed by atoms with Crippen LogP contribution in [0.3, 0.4) is 0 Å². The highest BCUT2D eigenvalue weighted by Crippen LogP contribution is 2.44. The van der Waals surface area contributed by atoms with Gasteiger partial charge in [0.2, 0.25) is 10.0 Å². The zero-order valence-corrected chi connectivity index (χ0v) is 11.7. The highest BCUT2D eigenvalue weighted by molar-refractivity contribution is 7.89. The van der Waals surface area contributed by atoms with Gasteiger partial charge < -0.3 is 5.11 Å². The third-order valence-corrected chi connectivity index (χ3v) is 5.28. The number of rotatable bonds is 5. The number of fused-ring (bicyclic) bond motifs is 1. The van der Waals surface area contributed by atoms with Crippen LogP contribution in [-0.2, 0) is 10.0 Å². The Morgan fingerprint density at radius 1 is 1.25 bits per heavy atom. The Morgan fingerprint density at radius 3 is 2.75 bits per heavy atom. The van der Waals surface area contributed by atoms with Crippen LogP contribution in [0.15, 0.2) is 41.4 Å². The number of aliphatic hydroxyl groups excluding tert-OH is 1. The molecule has 106 valence electrons. The summed E-state index contributed by atoms with van der Waals surface area (Å²) < 4.78 is 27.4. The van der Waals surface area contributed by atoms with Crippen LogP contribution in [0, 0.1) is 5.41 Å². The molecule has 1 aliphatic rings. The fourth-order valence-corrected chi connectivity index (χ4v) is 3.57. The first-order valence-corrected chi connectivity index (χ1v) is 7.99. The molecule has 1 heterocycles. The minimum atomic E-state index is -3.59. The molecule has 20 heavy (non-hydrogen) atoms. The van der Waals surface area contributed by atoms with Gasteiger partial charge in [0.1, 0.15) is 0 Å². The largest absolute Gasteiger partial charge is 0.396 e. The van der Waals surface area contributed by atoms with E-state index >= 15 is 0 Å². The van der Waals surface area contributed by atoms with Crippen LogP contribution in [0.2, 0.25) is 0 Å². The fourth-order valence-electron chi connectivity index (χ4n) is 2.20. The normalized spacial score (nSPS) is 17.2. The molecule has 2 N–H and O–H groups in total.